The Bertz CT molecular complexity index is 1210. The van der Waals surface area contributed by atoms with Gasteiger partial charge < -0.3 is 18.9 Å². The SMILES string of the molecule is COc1ccc([C@H]2CC3(C[C@H](c4ccc(OC)cc4)C24C(=O)c2ccccc2C4=O)OCCO3)cc1. The molecule has 184 valence electrons. The van der Waals surface area contributed by atoms with Gasteiger partial charge >= 0.3 is 0 Å². The second-order valence-electron chi connectivity index (χ2n) is 9.74. The van der Waals surface area contributed by atoms with Crippen molar-refractivity contribution < 1.29 is 28.5 Å². The molecule has 3 aromatic rings. The van der Waals surface area contributed by atoms with Crippen molar-refractivity contribution in [1.29, 1.82) is 0 Å². The predicted octanol–water partition coefficient (Wildman–Crippen LogP) is 5.17. The van der Waals surface area contributed by atoms with E-state index in [0.29, 0.717) is 48.7 Å². The van der Waals surface area contributed by atoms with Gasteiger partial charge in [0.15, 0.2) is 17.4 Å². The molecule has 2 spiro atoms. The van der Waals surface area contributed by atoms with Gasteiger partial charge in [-0.1, -0.05) is 48.5 Å². The summed E-state index contributed by atoms with van der Waals surface area (Å²) in [5.41, 5.74) is 1.45. The lowest BCUT2D eigenvalue weighted by molar-refractivity contribution is -0.194. The first-order valence-corrected chi connectivity index (χ1v) is 12.3. The maximum absolute atomic E-state index is 14.4. The molecule has 6 rings (SSSR count). The Morgan fingerprint density at radius 1 is 0.667 bits per heavy atom. The van der Waals surface area contributed by atoms with Crippen molar-refractivity contribution in [1.82, 2.24) is 0 Å². The third-order valence-corrected chi connectivity index (χ3v) is 8.15. The van der Waals surface area contributed by atoms with Gasteiger partial charge in [-0.15, -0.1) is 0 Å². The fraction of sp³-hybridized carbons (Fsp3) is 0.333. The molecule has 0 N–H and O–H groups in total. The van der Waals surface area contributed by atoms with Crippen molar-refractivity contribution in [3.8, 4) is 11.5 Å². The number of benzene rings is 3. The topological polar surface area (TPSA) is 71.1 Å². The minimum atomic E-state index is -1.31. The Kier molecular flexibility index (Phi) is 5.47. The van der Waals surface area contributed by atoms with Gasteiger partial charge in [0.1, 0.15) is 16.9 Å². The van der Waals surface area contributed by atoms with Gasteiger partial charge in [-0.25, -0.2) is 0 Å². The lowest BCUT2D eigenvalue weighted by atomic mass is 9.53. The normalized spacial score (nSPS) is 23.7. The fourth-order valence-electron chi connectivity index (χ4n) is 6.50. The van der Waals surface area contributed by atoms with Crippen LogP contribution in [-0.2, 0) is 9.47 Å². The zero-order valence-electron chi connectivity index (χ0n) is 20.4. The van der Waals surface area contributed by atoms with E-state index in [-0.39, 0.29) is 11.6 Å². The first kappa shape index (κ1) is 23.0. The number of hydrogen-bond donors (Lipinski definition) is 0. The van der Waals surface area contributed by atoms with Crippen LogP contribution in [0, 0.1) is 5.41 Å². The van der Waals surface area contributed by atoms with Gasteiger partial charge in [0.2, 0.25) is 0 Å². The fourth-order valence-corrected chi connectivity index (χ4v) is 6.50. The number of fused-ring (bicyclic) bond motifs is 1. The van der Waals surface area contributed by atoms with E-state index in [1.54, 1.807) is 26.4 Å². The van der Waals surface area contributed by atoms with Crippen molar-refractivity contribution in [3.63, 3.8) is 0 Å². The van der Waals surface area contributed by atoms with E-state index in [1.807, 2.05) is 60.7 Å². The van der Waals surface area contributed by atoms with Crippen LogP contribution in [0.5, 0.6) is 11.5 Å². The number of ketones is 2. The molecule has 2 aliphatic carbocycles. The van der Waals surface area contributed by atoms with Crippen LogP contribution in [-0.4, -0.2) is 44.8 Å². The number of methoxy groups -OCH3 is 2. The van der Waals surface area contributed by atoms with E-state index in [4.69, 9.17) is 18.9 Å². The maximum Gasteiger partial charge on any atom is 0.178 e. The molecule has 0 unspecified atom stereocenters. The zero-order chi connectivity index (χ0) is 24.9. The molecule has 1 aliphatic heterocycles. The smallest absolute Gasteiger partial charge is 0.178 e. The standard InChI is InChI=1S/C30H28O6/c1-33-21-11-7-19(8-12-21)25-17-29(35-15-16-36-29)18-26(20-9-13-22(34-2)14-10-20)30(25)27(31)23-5-3-4-6-24(23)28(30)32/h3-14,25-26H,15-18H2,1-2H3/t25-,26-/m1/s1. The quantitative estimate of drug-likeness (QED) is 0.476. The largest absolute Gasteiger partial charge is 0.497 e. The van der Waals surface area contributed by atoms with Crippen LogP contribution in [0.2, 0.25) is 0 Å². The summed E-state index contributed by atoms with van der Waals surface area (Å²) in [5, 5.41) is 0. The van der Waals surface area contributed by atoms with Gasteiger partial charge in [0, 0.05) is 35.8 Å². The van der Waals surface area contributed by atoms with Crippen LogP contribution >= 0.6 is 0 Å². The highest BCUT2D eigenvalue weighted by molar-refractivity contribution is 6.30. The van der Waals surface area contributed by atoms with E-state index < -0.39 is 23.0 Å². The van der Waals surface area contributed by atoms with Crippen LogP contribution in [0.25, 0.3) is 0 Å². The van der Waals surface area contributed by atoms with Crippen LogP contribution in [0.4, 0.5) is 0 Å². The number of ether oxygens (including phenoxy) is 4. The number of carbonyl (C=O) groups excluding carboxylic acids is 2. The second kappa shape index (κ2) is 8.57. The van der Waals surface area contributed by atoms with Gasteiger partial charge in [-0.3, -0.25) is 9.59 Å². The van der Waals surface area contributed by atoms with Gasteiger partial charge in [-0.05, 0) is 35.4 Å². The summed E-state index contributed by atoms with van der Waals surface area (Å²) in [4.78, 5) is 28.9. The number of carbonyl (C=O) groups is 2. The van der Waals surface area contributed by atoms with Gasteiger partial charge in [0.25, 0.3) is 0 Å². The molecule has 0 bridgehead atoms. The maximum atomic E-state index is 14.4. The van der Waals surface area contributed by atoms with Gasteiger partial charge in [0.05, 0.1) is 27.4 Å². The molecule has 1 heterocycles. The summed E-state index contributed by atoms with van der Waals surface area (Å²) in [6.07, 6.45) is 0.828. The first-order valence-electron chi connectivity index (χ1n) is 12.3. The zero-order valence-corrected chi connectivity index (χ0v) is 20.4. The van der Waals surface area contributed by atoms with E-state index in [9.17, 15) is 9.59 Å². The summed E-state index contributed by atoms with van der Waals surface area (Å²) in [5.74, 6) is -0.591. The molecule has 1 saturated carbocycles. The minimum Gasteiger partial charge on any atom is -0.497 e. The first-order chi connectivity index (χ1) is 17.5. The lowest BCUT2D eigenvalue weighted by Crippen LogP contribution is -2.54. The summed E-state index contributed by atoms with van der Waals surface area (Å²) in [7, 11) is 3.24. The minimum absolute atomic E-state index is 0.127. The molecule has 2 fully saturated rings. The third-order valence-electron chi connectivity index (χ3n) is 8.15. The molecule has 2 atom stereocenters. The van der Waals surface area contributed by atoms with Crippen molar-refractivity contribution in [2.75, 3.05) is 27.4 Å². The second-order valence-corrected chi connectivity index (χ2v) is 9.74. The van der Waals surface area contributed by atoms with E-state index in [1.165, 1.54) is 0 Å². The van der Waals surface area contributed by atoms with E-state index >= 15 is 0 Å². The summed E-state index contributed by atoms with van der Waals surface area (Å²) >= 11 is 0. The lowest BCUT2D eigenvalue weighted by Gasteiger charge is -2.51. The molecule has 6 nitrogen and oxygen atoms in total. The molecule has 36 heavy (non-hydrogen) atoms. The number of rotatable bonds is 4. The van der Waals surface area contributed by atoms with Crippen molar-refractivity contribution >= 4 is 11.6 Å². The van der Waals surface area contributed by atoms with Crippen molar-refractivity contribution in [3.05, 3.63) is 95.1 Å². The Balaban J connectivity index is 1.59. The third kappa shape index (κ3) is 3.25. The summed E-state index contributed by atoms with van der Waals surface area (Å²) in [6.45, 7) is 0.972. The molecule has 3 aromatic carbocycles. The average molecular weight is 485 g/mol. The average Bonchev–Trinajstić information content (AvgIpc) is 3.47. The highest BCUT2D eigenvalue weighted by Crippen LogP contribution is 2.64. The predicted molar refractivity (Wildman–Crippen MR) is 133 cm³/mol. The van der Waals surface area contributed by atoms with E-state index in [2.05, 4.69) is 0 Å². The highest BCUT2D eigenvalue weighted by Gasteiger charge is 2.67. The molecule has 0 radical (unpaired) electrons. The van der Waals surface area contributed by atoms with Gasteiger partial charge in [-0.2, -0.15) is 0 Å². The van der Waals surface area contributed by atoms with Crippen LogP contribution in [0.1, 0.15) is 56.5 Å². The molecular formula is C30H28O6. The molecule has 6 heteroatoms. The Morgan fingerprint density at radius 2 is 1.08 bits per heavy atom. The molecule has 3 aliphatic rings. The van der Waals surface area contributed by atoms with Crippen molar-refractivity contribution in [2.24, 2.45) is 5.41 Å². The summed E-state index contributed by atoms with van der Waals surface area (Å²) in [6, 6.07) is 22.5. The van der Waals surface area contributed by atoms with E-state index in [0.717, 1.165) is 11.1 Å². The molecular weight excluding hydrogens is 456 g/mol. The molecule has 0 aromatic heterocycles. The van der Waals surface area contributed by atoms with Crippen LogP contribution < -0.4 is 9.47 Å². The number of Topliss-reactive ketones (excluding diaryl/α,β-unsaturated/α-hetero) is 2. The Labute approximate surface area is 210 Å². The van der Waals surface area contributed by atoms with Crippen molar-refractivity contribution in [2.45, 2.75) is 30.5 Å². The number of hydrogen-bond acceptors (Lipinski definition) is 6. The molecule has 1 saturated heterocycles. The molecule has 0 amide bonds. The highest BCUT2D eigenvalue weighted by atomic mass is 16.7. The monoisotopic (exact) mass is 484 g/mol. The Morgan fingerprint density at radius 3 is 1.47 bits per heavy atom. The van der Waals surface area contributed by atoms with Crippen LogP contribution in [0.15, 0.2) is 72.8 Å². The van der Waals surface area contributed by atoms with Crippen LogP contribution in [0.3, 0.4) is 0 Å². The summed E-state index contributed by atoms with van der Waals surface area (Å²) < 4.78 is 23.2. The Hall–Kier alpha value is -3.48.